The summed E-state index contributed by atoms with van der Waals surface area (Å²) in [6, 6.07) is 4.86. The van der Waals surface area contributed by atoms with E-state index >= 15 is 0 Å². The Morgan fingerprint density at radius 2 is 2.31 bits per heavy atom. The highest BCUT2D eigenvalue weighted by Crippen LogP contribution is 2.04. The highest BCUT2D eigenvalue weighted by molar-refractivity contribution is 5.94. The van der Waals surface area contributed by atoms with Gasteiger partial charge in [-0.05, 0) is 26.0 Å². The summed E-state index contributed by atoms with van der Waals surface area (Å²) in [5, 5.41) is 20.2. The summed E-state index contributed by atoms with van der Waals surface area (Å²) >= 11 is 0. The SMILES string of the molecule is CC(C)(CO)NC(=O)c1ccc(C#N)nc1. The first-order valence-electron chi connectivity index (χ1n) is 4.78. The molecular weight excluding hydrogens is 206 g/mol. The quantitative estimate of drug-likeness (QED) is 0.773. The normalized spacial score (nSPS) is 10.6. The third kappa shape index (κ3) is 3.04. The van der Waals surface area contributed by atoms with E-state index in [1.165, 1.54) is 18.3 Å². The topological polar surface area (TPSA) is 86.0 Å². The third-order valence-electron chi connectivity index (χ3n) is 1.99. The molecule has 0 radical (unpaired) electrons. The van der Waals surface area contributed by atoms with E-state index in [-0.39, 0.29) is 18.2 Å². The Balaban J connectivity index is 2.78. The fourth-order valence-electron chi connectivity index (χ4n) is 1.01. The van der Waals surface area contributed by atoms with Crippen LogP contribution in [0, 0.1) is 11.3 Å². The zero-order chi connectivity index (χ0) is 12.2. The van der Waals surface area contributed by atoms with Crippen molar-refractivity contribution in [3.63, 3.8) is 0 Å². The summed E-state index contributed by atoms with van der Waals surface area (Å²) in [6.45, 7) is 3.27. The van der Waals surface area contributed by atoms with Gasteiger partial charge < -0.3 is 10.4 Å². The summed E-state index contributed by atoms with van der Waals surface area (Å²) in [5.74, 6) is -0.323. The molecule has 1 heterocycles. The van der Waals surface area contributed by atoms with Crippen LogP contribution in [0.3, 0.4) is 0 Å². The number of nitrogens with one attached hydrogen (secondary N) is 1. The molecule has 1 aromatic rings. The molecule has 0 saturated heterocycles. The van der Waals surface area contributed by atoms with Gasteiger partial charge in [-0.3, -0.25) is 4.79 Å². The van der Waals surface area contributed by atoms with Crippen molar-refractivity contribution in [3.8, 4) is 6.07 Å². The number of aromatic nitrogens is 1. The molecule has 16 heavy (non-hydrogen) atoms. The zero-order valence-corrected chi connectivity index (χ0v) is 9.19. The molecule has 0 aliphatic rings. The van der Waals surface area contributed by atoms with Gasteiger partial charge in [0.1, 0.15) is 11.8 Å². The van der Waals surface area contributed by atoms with Crippen LogP contribution in [-0.4, -0.2) is 28.1 Å². The second kappa shape index (κ2) is 4.73. The van der Waals surface area contributed by atoms with Crippen molar-refractivity contribution in [2.24, 2.45) is 0 Å². The van der Waals surface area contributed by atoms with Crippen molar-refractivity contribution in [3.05, 3.63) is 29.6 Å². The van der Waals surface area contributed by atoms with Crippen molar-refractivity contribution in [1.82, 2.24) is 10.3 Å². The number of pyridine rings is 1. The van der Waals surface area contributed by atoms with Crippen molar-refractivity contribution in [1.29, 1.82) is 5.26 Å². The van der Waals surface area contributed by atoms with Gasteiger partial charge >= 0.3 is 0 Å². The first kappa shape index (κ1) is 12.1. The highest BCUT2D eigenvalue weighted by atomic mass is 16.3. The maximum atomic E-state index is 11.7. The first-order valence-corrected chi connectivity index (χ1v) is 4.78. The van der Waals surface area contributed by atoms with Gasteiger partial charge in [-0.2, -0.15) is 5.26 Å². The van der Waals surface area contributed by atoms with E-state index in [0.717, 1.165) is 0 Å². The number of hydrogen-bond donors (Lipinski definition) is 2. The molecule has 0 spiro atoms. The lowest BCUT2D eigenvalue weighted by Crippen LogP contribution is -2.46. The van der Waals surface area contributed by atoms with Crippen molar-refractivity contribution in [2.75, 3.05) is 6.61 Å². The lowest BCUT2D eigenvalue weighted by atomic mass is 10.1. The van der Waals surface area contributed by atoms with Crippen LogP contribution < -0.4 is 5.32 Å². The van der Waals surface area contributed by atoms with Crippen LogP contribution in [0.4, 0.5) is 0 Å². The molecule has 5 nitrogen and oxygen atoms in total. The average Bonchev–Trinajstić information content (AvgIpc) is 2.28. The van der Waals surface area contributed by atoms with Crippen LogP contribution in [0.15, 0.2) is 18.3 Å². The number of nitriles is 1. The van der Waals surface area contributed by atoms with Gasteiger partial charge in [-0.1, -0.05) is 0 Å². The minimum Gasteiger partial charge on any atom is -0.394 e. The number of hydrogen-bond acceptors (Lipinski definition) is 4. The molecule has 0 bridgehead atoms. The van der Waals surface area contributed by atoms with Gasteiger partial charge in [0.15, 0.2) is 0 Å². The average molecular weight is 219 g/mol. The monoisotopic (exact) mass is 219 g/mol. The van der Waals surface area contributed by atoms with E-state index in [2.05, 4.69) is 10.3 Å². The maximum Gasteiger partial charge on any atom is 0.253 e. The van der Waals surface area contributed by atoms with Crippen LogP contribution in [0.2, 0.25) is 0 Å². The summed E-state index contributed by atoms with van der Waals surface area (Å²) in [7, 11) is 0. The lowest BCUT2D eigenvalue weighted by molar-refractivity contribution is 0.0869. The molecule has 0 aliphatic carbocycles. The van der Waals surface area contributed by atoms with Crippen molar-refractivity contribution in [2.45, 2.75) is 19.4 Å². The molecule has 1 aromatic heterocycles. The predicted octanol–water partition coefficient (Wildman–Crippen LogP) is 0.454. The Kier molecular flexibility index (Phi) is 3.59. The van der Waals surface area contributed by atoms with Gasteiger partial charge in [0.25, 0.3) is 5.91 Å². The first-order chi connectivity index (χ1) is 7.48. The van der Waals surface area contributed by atoms with E-state index in [1.807, 2.05) is 6.07 Å². The Morgan fingerprint density at radius 3 is 2.75 bits per heavy atom. The Hall–Kier alpha value is -1.93. The molecular formula is C11H13N3O2. The van der Waals surface area contributed by atoms with Gasteiger partial charge in [0.05, 0.1) is 17.7 Å². The molecule has 5 heteroatoms. The largest absolute Gasteiger partial charge is 0.394 e. The van der Waals surface area contributed by atoms with E-state index < -0.39 is 5.54 Å². The van der Waals surface area contributed by atoms with E-state index in [1.54, 1.807) is 13.8 Å². The summed E-state index contributed by atoms with van der Waals surface area (Å²) in [5.41, 5.74) is -0.0520. The number of carbonyl (C=O) groups excluding carboxylic acids is 1. The van der Waals surface area contributed by atoms with Crippen molar-refractivity contribution >= 4 is 5.91 Å². The summed E-state index contributed by atoms with van der Waals surface area (Å²) < 4.78 is 0. The number of amides is 1. The molecule has 0 saturated carbocycles. The van der Waals surface area contributed by atoms with Gasteiger partial charge in [0, 0.05) is 6.20 Å². The zero-order valence-electron chi connectivity index (χ0n) is 9.19. The minimum absolute atomic E-state index is 0.150. The van der Waals surface area contributed by atoms with Crippen LogP contribution in [0.1, 0.15) is 29.9 Å². The van der Waals surface area contributed by atoms with Gasteiger partial charge in [-0.15, -0.1) is 0 Å². The molecule has 0 unspecified atom stereocenters. The van der Waals surface area contributed by atoms with Gasteiger partial charge in [0.2, 0.25) is 0 Å². The minimum atomic E-state index is -0.676. The summed E-state index contributed by atoms with van der Waals surface area (Å²) in [4.78, 5) is 15.5. The van der Waals surface area contributed by atoms with Crippen molar-refractivity contribution < 1.29 is 9.90 Å². The predicted molar refractivity (Wildman–Crippen MR) is 57.6 cm³/mol. The molecule has 84 valence electrons. The maximum absolute atomic E-state index is 11.7. The number of aliphatic hydroxyl groups is 1. The fraction of sp³-hybridized carbons (Fsp3) is 0.364. The Bertz CT molecular complexity index is 418. The molecule has 0 atom stereocenters. The van der Waals surface area contributed by atoms with E-state index in [9.17, 15) is 4.79 Å². The molecule has 1 amide bonds. The molecule has 1 rings (SSSR count). The van der Waals surface area contributed by atoms with Gasteiger partial charge in [-0.25, -0.2) is 4.98 Å². The molecule has 0 aliphatic heterocycles. The van der Waals surface area contributed by atoms with Crippen LogP contribution in [0.5, 0.6) is 0 Å². The second-order valence-electron chi connectivity index (χ2n) is 4.04. The number of rotatable bonds is 3. The molecule has 2 N–H and O–H groups in total. The highest BCUT2D eigenvalue weighted by Gasteiger charge is 2.19. The van der Waals surface area contributed by atoms with Crippen LogP contribution in [-0.2, 0) is 0 Å². The third-order valence-corrected chi connectivity index (χ3v) is 1.99. The van der Waals surface area contributed by atoms with E-state index in [0.29, 0.717) is 5.56 Å². The summed E-state index contributed by atoms with van der Waals surface area (Å²) in [6.07, 6.45) is 1.33. The Labute approximate surface area is 93.7 Å². The number of nitrogens with zero attached hydrogens (tertiary/aromatic N) is 2. The number of aliphatic hydroxyl groups excluding tert-OH is 1. The lowest BCUT2D eigenvalue weighted by Gasteiger charge is -2.23. The smallest absolute Gasteiger partial charge is 0.253 e. The van der Waals surface area contributed by atoms with E-state index in [4.69, 9.17) is 10.4 Å². The fourth-order valence-corrected chi connectivity index (χ4v) is 1.01. The standard InChI is InChI=1S/C11H13N3O2/c1-11(2,7-15)14-10(16)8-3-4-9(5-12)13-6-8/h3-4,6,15H,7H2,1-2H3,(H,14,16). The molecule has 0 aromatic carbocycles. The molecule has 0 fully saturated rings. The van der Waals surface area contributed by atoms with Crippen LogP contribution in [0.25, 0.3) is 0 Å². The number of carbonyl (C=O) groups is 1. The second-order valence-corrected chi connectivity index (χ2v) is 4.04. The Morgan fingerprint density at radius 1 is 1.62 bits per heavy atom. The van der Waals surface area contributed by atoms with Crippen LogP contribution >= 0.6 is 0 Å².